The number of ether oxygens (including phenoxy) is 1. The summed E-state index contributed by atoms with van der Waals surface area (Å²) in [5.74, 6) is 0.482. The highest BCUT2D eigenvalue weighted by Gasteiger charge is 2.27. The summed E-state index contributed by atoms with van der Waals surface area (Å²) in [4.78, 5) is 11.4. The van der Waals surface area contributed by atoms with Crippen molar-refractivity contribution in [2.24, 2.45) is 5.73 Å². The standard InChI is InChI=1S/C15H22N2O2/c1-9-6-10(2)11(3)14(7-9)19-8-13(15(16)18)17-12-4-5-12/h6-7,12-13,17H,4-5,8H2,1-3H3,(H2,16,18). The van der Waals surface area contributed by atoms with Crippen LogP contribution in [0.1, 0.15) is 29.5 Å². The van der Waals surface area contributed by atoms with Crippen LogP contribution in [0.2, 0.25) is 0 Å². The van der Waals surface area contributed by atoms with Gasteiger partial charge in [-0.3, -0.25) is 4.79 Å². The number of carbonyl (C=O) groups is 1. The number of carbonyl (C=O) groups excluding carboxylic acids is 1. The van der Waals surface area contributed by atoms with E-state index in [1.807, 2.05) is 19.9 Å². The lowest BCUT2D eigenvalue weighted by atomic mass is 10.1. The van der Waals surface area contributed by atoms with Crippen molar-refractivity contribution in [1.82, 2.24) is 5.32 Å². The zero-order valence-corrected chi connectivity index (χ0v) is 11.8. The molecular formula is C15H22N2O2. The van der Waals surface area contributed by atoms with Gasteiger partial charge in [0.15, 0.2) is 0 Å². The maximum absolute atomic E-state index is 11.4. The van der Waals surface area contributed by atoms with Gasteiger partial charge in [0.2, 0.25) is 5.91 Å². The molecule has 1 aliphatic carbocycles. The van der Waals surface area contributed by atoms with Gasteiger partial charge in [0, 0.05) is 6.04 Å². The number of amides is 1. The molecule has 19 heavy (non-hydrogen) atoms. The van der Waals surface area contributed by atoms with Crippen LogP contribution >= 0.6 is 0 Å². The SMILES string of the molecule is Cc1cc(C)c(C)c(OCC(NC2CC2)C(N)=O)c1. The molecule has 2 rings (SSSR count). The average Bonchev–Trinajstić information content (AvgIpc) is 3.13. The molecule has 0 saturated heterocycles. The minimum absolute atomic E-state index is 0.287. The van der Waals surface area contributed by atoms with E-state index in [0.717, 1.165) is 29.7 Å². The van der Waals surface area contributed by atoms with E-state index in [0.29, 0.717) is 6.04 Å². The van der Waals surface area contributed by atoms with Crippen LogP contribution in [0.5, 0.6) is 5.75 Å². The van der Waals surface area contributed by atoms with Gasteiger partial charge in [-0.2, -0.15) is 0 Å². The molecule has 1 aromatic rings. The van der Waals surface area contributed by atoms with Gasteiger partial charge in [-0.25, -0.2) is 0 Å². The maximum atomic E-state index is 11.4. The normalized spacial score (nSPS) is 16.2. The van der Waals surface area contributed by atoms with E-state index in [4.69, 9.17) is 10.5 Å². The van der Waals surface area contributed by atoms with Crippen molar-refractivity contribution >= 4 is 5.91 Å². The third kappa shape index (κ3) is 3.70. The first-order valence-electron chi connectivity index (χ1n) is 6.73. The van der Waals surface area contributed by atoms with Crippen LogP contribution in [0.3, 0.4) is 0 Å². The minimum atomic E-state index is -0.410. The fraction of sp³-hybridized carbons (Fsp3) is 0.533. The topological polar surface area (TPSA) is 64.3 Å². The number of aryl methyl sites for hydroxylation is 2. The van der Waals surface area contributed by atoms with Gasteiger partial charge in [0.1, 0.15) is 18.4 Å². The van der Waals surface area contributed by atoms with Crippen LogP contribution in [0.4, 0.5) is 0 Å². The lowest BCUT2D eigenvalue weighted by Crippen LogP contribution is -2.46. The van der Waals surface area contributed by atoms with Gasteiger partial charge in [-0.15, -0.1) is 0 Å². The predicted molar refractivity (Wildman–Crippen MR) is 75.3 cm³/mol. The van der Waals surface area contributed by atoms with Crippen molar-refractivity contribution in [2.45, 2.75) is 45.7 Å². The monoisotopic (exact) mass is 262 g/mol. The molecule has 0 heterocycles. The number of primary amides is 1. The summed E-state index contributed by atoms with van der Waals surface area (Å²) in [5.41, 5.74) is 8.86. The number of hydrogen-bond acceptors (Lipinski definition) is 3. The van der Waals surface area contributed by atoms with Crippen LogP contribution in [-0.2, 0) is 4.79 Å². The summed E-state index contributed by atoms with van der Waals surface area (Å²) in [7, 11) is 0. The van der Waals surface area contributed by atoms with Crippen molar-refractivity contribution in [3.05, 3.63) is 28.8 Å². The van der Waals surface area contributed by atoms with Gasteiger partial charge >= 0.3 is 0 Å². The van der Waals surface area contributed by atoms with Crippen molar-refractivity contribution in [3.8, 4) is 5.75 Å². The number of nitrogens with one attached hydrogen (secondary N) is 1. The van der Waals surface area contributed by atoms with Crippen LogP contribution in [0, 0.1) is 20.8 Å². The molecule has 104 valence electrons. The van der Waals surface area contributed by atoms with Crippen molar-refractivity contribution < 1.29 is 9.53 Å². The molecule has 0 bridgehead atoms. The Morgan fingerprint density at radius 2 is 2.11 bits per heavy atom. The molecule has 1 saturated carbocycles. The van der Waals surface area contributed by atoms with E-state index in [1.54, 1.807) is 0 Å². The summed E-state index contributed by atoms with van der Waals surface area (Å²) in [6.07, 6.45) is 2.23. The second-order valence-corrected chi connectivity index (χ2v) is 5.41. The van der Waals surface area contributed by atoms with Crippen LogP contribution in [0.15, 0.2) is 12.1 Å². The molecule has 1 amide bonds. The Morgan fingerprint density at radius 1 is 1.42 bits per heavy atom. The summed E-state index contributed by atoms with van der Waals surface area (Å²) >= 11 is 0. The van der Waals surface area contributed by atoms with Gasteiger partial charge < -0.3 is 15.8 Å². The number of hydrogen-bond donors (Lipinski definition) is 2. The first-order chi connectivity index (χ1) is 8.97. The molecular weight excluding hydrogens is 240 g/mol. The second-order valence-electron chi connectivity index (χ2n) is 5.41. The zero-order chi connectivity index (χ0) is 14.0. The van der Waals surface area contributed by atoms with Crippen LogP contribution in [-0.4, -0.2) is 24.6 Å². The van der Waals surface area contributed by atoms with Gasteiger partial charge in [-0.1, -0.05) is 6.07 Å². The van der Waals surface area contributed by atoms with Crippen LogP contribution in [0.25, 0.3) is 0 Å². The molecule has 1 atom stereocenters. The minimum Gasteiger partial charge on any atom is -0.491 e. The van der Waals surface area contributed by atoms with Crippen molar-refractivity contribution in [3.63, 3.8) is 0 Å². The van der Waals surface area contributed by atoms with E-state index in [1.165, 1.54) is 5.56 Å². The highest BCUT2D eigenvalue weighted by atomic mass is 16.5. The Balaban J connectivity index is 2.01. The number of rotatable bonds is 6. The molecule has 3 N–H and O–H groups in total. The molecule has 1 fully saturated rings. The van der Waals surface area contributed by atoms with E-state index in [9.17, 15) is 4.79 Å². The Morgan fingerprint density at radius 3 is 2.68 bits per heavy atom. The van der Waals surface area contributed by atoms with Gasteiger partial charge in [0.05, 0.1) is 0 Å². The second kappa shape index (κ2) is 5.61. The highest BCUT2D eigenvalue weighted by molar-refractivity contribution is 5.80. The zero-order valence-electron chi connectivity index (χ0n) is 11.8. The van der Waals surface area contributed by atoms with Crippen LogP contribution < -0.4 is 15.8 Å². The Labute approximate surface area is 114 Å². The first-order valence-corrected chi connectivity index (χ1v) is 6.73. The summed E-state index contributed by atoms with van der Waals surface area (Å²) < 4.78 is 5.79. The molecule has 0 spiro atoms. The molecule has 1 aromatic carbocycles. The lowest BCUT2D eigenvalue weighted by Gasteiger charge is -2.18. The molecule has 4 nitrogen and oxygen atoms in total. The van der Waals surface area contributed by atoms with Gasteiger partial charge in [-0.05, 0) is 56.4 Å². The third-order valence-corrected chi connectivity index (χ3v) is 3.53. The summed E-state index contributed by atoms with van der Waals surface area (Å²) in [6, 6.07) is 4.14. The first kappa shape index (κ1) is 13.9. The quantitative estimate of drug-likeness (QED) is 0.818. The summed E-state index contributed by atoms with van der Waals surface area (Å²) in [6.45, 7) is 6.41. The van der Waals surface area contributed by atoms with E-state index in [2.05, 4.69) is 18.3 Å². The third-order valence-electron chi connectivity index (χ3n) is 3.53. The fourth-order valence-corrected chi connectivity index (χ4v) is 2.07. The lowest BCUT2D eigenvalue weighted by molar-refractivity contribution is -0.120. The number of nitrogens with two attached hydrogens (primary N) is 1. The van der Waals surface area contributed by atoms with Crippen molar-refractivity contribution in [2.75, 3.05) is 6.61 Å². The Kier molecular flexibility index (Phi) is 4.10. The number of benzene rings is 1. The molecule has 0 aliphatic heterocycles. The average molecular weight is 262 g/mol. The smallest absolute Gasteiger partial charge is 0.238 e. The Hall–Kier alpha value is -1.55. The fourth-order valence-electron chi connectivity index (χ4n) is 2.07. The Bertz CT molecular complexity index is 481. The largest absolute Gasteiger partial charge is 0.491 e. The predicted octanol–water partition coefficient (Wildman–Crippen LogP) is 1.60. The van der Waals surface area contributed by atoms with E-state index >= 15 is 0 Å². The molecule has 1 aliphatic rings. The van der Waals surface area contributed by atoms with Crippen molar-refractivity contribution in [1.29, 1.82) is 0 Å². The molecule has 0 radical (unpaired) electrons. The molecule has 1 unspecified atom stereocenters. The summed E-state index contributed by atoms with van der Waals surface area (Å²) in [5, 5.41) is 3.21. The highest BCUT2D eigenvalue weighted by Crippen LogP contribution is 2.24. The van der Waals surface area contributed by atoms with E-state index < -0.39 is 6.04 Å². The maximum Gasteiger partial charge on any atom is 0.238 e. The van der Waals surface area contributed by atoms with E-state index in [-0.39, 0.29) is 12.5 Å². The molecule has 0 aromatic heterocycles. The van der Waals surface area contributed by atoms with Gasteiger partial charge in [0.25, 0.3) is 0 Å². The molecule has 4 heteroatoms.